The van der Waals surface area contributed by atoms with Crippen LogP contribution in [0.2, 0.25) is 0 Å². The summed E-state index contributed by atoms with van der Waals surface area (Å²) in [5, 5.41) is 0. The highest BCUT2D eigenvalue weighted by atomic mass is 32.1. The van der Waals surface area contributed by atoms with Crippen molar-refractivity contribution in [3.8, 4) is 0 Å². The number of aromatic nitrogens is 1. The zero-order chi connectivity index (χ0) is 7.84. The summed E-state index contributed by atoms with van der Waals surface area (Å²) in [5.41, 5.74) is 1.41. The predicted molar refractivity (Wildman–Crippen MR) is 50.9 cm³/mol. The second-order valence-corrected chi connectivity index (χ2v) is 4.92. The van der Waals surface area contributed by atoms with E-state index in [1.54, 1.807) is 11.3 Å². The summed E-state index contributed by atoms with van der Waals surface area (Å²) >= 11 is 6.85. The zero-order valence-corrected chi connectivity index (χ0v) is 8.15. The fraction of sp³-hybridized carbons (Fsp3) is 0.625. The lowest BCUT2D eigenvalue weighted by molar-refractivity contribution is 0.583. The molecule has 2 rings (SSSR count). The van der Waals surface area contributed by atoms with Gasteiger partial charge < -0.3 is 4.98 Å². The smallest absolute Gasteiger partial charge is 0.158 e. The van der Waals surface area contributed by atoms with Gasteiger partial charge in [-0.3, -0.25) is 0 Å². The molecule has 1 unspecified atom stereocenters. The molecule has 0 saturated heterocycles. The number of rotatable bonds is 0. The molecule has 1 aromatic heterocycles. The Balaban J connectivity index is 2.52. The quantitative estimate of drug-likeness (QED) is 0.613. The molecule has 0 aliphatic heterocycles. The number of hydrogen-bond donors (Lipinski definition) is 1. The molecule has 1 nitrogen and oxygen atoms in total. The van der Waals surface area contributed by atoms with Crippen LogP contribution in [0.25, 0.3) is 0 Å². The highest BCUT2D eigenvalue weighted by Crippen LogP contribution is 2.32. The highest BCUT2D eigenvalue weighted by molar-refractivity contribution is 7.73. The summed E-state index contributed by atoms with van der Waals surface area (Å²) in [4.78, 5) is 4.77. The van der Waals surface area contributed by atoms with E-state index in [9.17, 15) is 0 Å². The van der Waals surface area contributed by atoms with E-state index >= 15 is 0 Å². The van der Waals surface area contributed by atoms with Crippen LogP contribution in [0.4, 0.5) is 0 Å². The van der Waals surface area contributed by atoms with Gasteiger partial charge in [-0.15, -0.1) is 11.3 Å². The predicted octanol–water partition coefficient (Wildman–Crippen LogP) is 3.25. The SMILES string of the molecule is CC1CCCc2sc(=S)[nH]c21. The highest BCUT2D eigenvalue weighted by Gasteiger charge is 2.18. The van der Waals surface area contributed by atoms with Crippen LogP contribution in [-0.4, -0.2) is 4.98 Å². The first-order chi connectivity index (χ1) is 5.27. The van der Waals surface area contributed by atoms with E-state index in [2.05, 4.69) is 11.9 Å². The first kappa shape index (κ1) is 7.50. The van der Waals surface area contributed by atoms with Crippen LogP contribution in [0.1, 0.15) is 36.3 Å². The van der Waals surface area contributed by atoms with Crippen LogP contribution >= 0.6 is 23.6 Å². The topological polar surface area (TPSA) is 15.8 Å². The summed E-state index contributed by atoms with van der Waals surface area (Å²) < 4.78 is 0.948. The lowest BCUT2D eigenvalue weighted by Crippen LogP contribution is -2.04. The number of H-pyrrole nitrogens is 1. The van der Waals surface area contributed by atoms with Crippen molar-refractivity contribution in [1.29, 1.82) is 0 Å². The molecule has 0 aromatic carbocycles. The number of fused-ring (bicyclic) bond motifs is 1. The fourth-order valence-electron chi connectivity index (χ4n) is 1.67. The third-order valence-corrected chi connectivity index (χ3v) is 3.60. The van der Waals surface area contributed by atoms with Crippen molar-refractivity contribution in [3.63, 3.8) is 0 Å². The standard InChI is InChI=1S/C8H11NS2/c1-5-3-2-4-6-7(5)9-8(10)11-6/h5H,2-4H2,1H3,(H,9,10). The maximum atomic E-state index is 5.10. The van der Waals surface area contributed by atoms with Gasteiger partial charge in [-0.2, -0.15) is 0 Å². The minimum absolute atomic E-state index is 0.701. The van der Waals surface area contributed by atoms with E-state index in [1.165, 1.54) is 29.8 Å². The van der Waals surface area contributed by atoms with Gasteiger partial charge in [0, 0.05) is 10.6 Å². The third kappa shape index (κ3) is 1.27. The number of aromatic amines is 1. The lowest BCUT2D eigenvalue weighted by Gasteiger charge is -2.16. The normalized spacial score (nSPS) is 23.2. The van der Waals surface area contributed by atoms with E-state index in [-0.39, 0.29) is 0 Å². The van der Waals surface area contributed by atoms with Crippen LogP contribution in [-0.2, 0) is 6.42 Å². The third-order valence-electron chi connectivity index (χ3n) is 2.29. The molecule has 60 valence electrons. The van der Waals surface area contributed by atoms with Gasteiger partial charge in [-0.1, -0.05) is 6.92 Å². The minimum Gasteiger partial charge on any atom is -0.340 e. The number of aryl methyl sites for hydroxylation is 1. The Bertz CT molecular complexity index is 310. The Hall–Kier alpha value is -0.150. The summed E-state index contributed by atoms with van der Waals surface area (Å²) in [6.45, 7) is 2.27. The van der Waals surface area contributed by atoms with Crippen molar-refractivity contribution in [2.24, 2.45) is 0 Å². The van der Waals surface area contributed by atoms with E-state index in [1.807, 2.05) is 0 Å². The molecule has 0 fully saturated rings. The van der Waals surface area contributed by atoms with Gasteiger partial charge >= 0.3 is 0 Å². The van der Waals surface area contributed by atoms with Gasteiger partial charge in [-0.05, 0) is 37.4 Å². The molecule has 1 N–H and O–H groups in total. The summed E-state index contributed by atoms with van der Waals surface area (Å²) in [7, 11) is 0. The van der Waals surface area contributed by atoms with E-state index < -0.39 is 0 Å². The summed E-state index contributed by atoms with van der Waals surface area (Å²) in [6, 6.07) is 0. The molecule has 0 radical (unpaired) electrons. The zero-order valence-electron chi connectivity index (χ0n) is 6.52. The first-order valence-electron chi connectivity index (χ1n) is 3.99. The largest absolute Gasteiger partial charge is 0.340 e. The molecule has 1 aliphatic carbocycles. The molecule has 1 aromatic rings. The van der Waals surface area contributed by atoms with Crippen molar-refractivity contribution < 1.29 is 0 Å². The van der Waals surface area contributed by atoms with Crippen LogP contribution in [0.5, 0.6) is 0 Å². The average Bonchev–Trinajstić information content (AvgIpc) is 2.31. The van der Waals surface area contributed by atoms with E-state index in [4.69, 9.17) is 12.2 Å². The molecule has 0 saturated carbocycles. The maximum Gasteiger partial charge on any atom is 0.158 e. The molecule has 3 heteroatoms. The maximum absolute atomic E-state index is 5.10. The van der Waals surface area contributed by atoms with Gasteiger partial charge in [0.1, 0.15) is 0 Å². The van der Waals surface area contributed by atoms with Gasteiger partial charge in [0.25, 0.3) is 0 Å². The van der Waals surface area contributed by atoms with Gasteiger partial charge in [0.05, 0.1) is 0 Å². The van der Waals surface area contributed by atoms with E-state index in [0.29, 0.717) is 5.92 Å². The molecule has 0 amide bonds. The molecular formula is C8H11NS2. The Kier molecular flexibility index (Phi) is 1.85. The molecule has 0 spiro atoms. The fourth-order valence-corrected chi connectivity index (χ4v) is 3.07. The summed E-state index contributed by atoms with van der Waals surface area (Å²) in [6.07, 6.45) is 3.88. The Labute approximate surface area is 75.5 Å². The van der Waals surface area contributed by atoms with Crippen LogP contribution in [0.15, 0.2) is 0 Å². The van der Waals surface area contributed by atoms with E-state index in [0.717, 1.165) is 3.95 Å². The lowest BCUT2D eigenvalue weighted by atomic mass is 9.93. The van der Waals surface area contributed by atoms with Gasteiger partial charge in [-0.25, -0.2) is 0 Å². The molecular weight excluding hydrogens is 174 g/mol. The van der Waals surface area contributed by atoms with Crippen molar-refractivity contribution in [1.82, 2.24) is 4.98 Å². The molecule has 11 heavy (non-hydrogen) atoms. The van der Waals surface area contributed by atoms with Gasteiger partial charge in [0.2, 0.25) is 0 Å². The number of hydrogen-bond acceptors (Lipinski definition) is 2. The van der Waals surface area contributed by atoms with Crippen molar-refractivity contribution >= 4 is 23.6 Å². The van der Waals surface area contributed by atoms with Crippen LogP contribution in [0, 0.1) is 3.95 Å². The average molecular weight is 185 g/mol. The van der Waals surface area contributed by atoms with Crippen molar-refractivity contribution in [2.75, 3.05) is 0 Å². The second kappa shape index (κ2) is 2.72. The molecule has 1 aliphatic rings. The molecule has 0 bridgehead atoms. The molecule has 1 heterocycles. The van der Waals surface area contributed by atoms with Crippen LogP contribution in [0.3, 0.4) is 0 Å². The number of thiazole rings is 1. The Morgan fingerprint density at radius 2 is 2.45 bits per heavy atom. The van der Waals surface area contributed by atoms with Crippen molar-refractivity contribution in [3.05, 3.63) is 14.5 Å². The number of nitrogens with one attached hydrogen (secondary N) is 1. The summed E-state index contributed by atoms with van der Waals surface area (Å²) in [5.74, 6) is 0.701. The Morgan fingerprint density at radius 3 is 3.18 bits per heavy atom. The second-order valence-electron chi connectivity index (χ2n) is 3.14. The molecule has 1 atom stereocenters. The Morgan fingerprint density at radius 1 is 1.64 bits per heavy atom. The first-order valence-corrected chi connectivity index (χ1v) is 5.21. The van der Waals surface area contributed by atoms with Crippen LogP contribution < -0.4 is 0 Å². The van der Waals surface area contributed by atoms with Crippen molar-refractivity contribution in [2.45, 2.75) is 32.1 Å². The monoisotopic (exact) mass is 185 g/mol. The minimum atomic E-state index is 0.701. The van der Waals surface area contributed by atoms with Gasteiger partial charge in [0.15, 0.2) is 3.95 Å².